The summed E-state index contributed by atoms with van der Waals surface area (Å²) >= 11 is 1.30. The van der Waals surface area contributed by atoms with E-state index in [1.807, 2.05) is 218 Å². The van der Waals surface area contributed by atoms with Gasteiger partial charge in [-0.25, -0.2) is 8.42 Å². The van der Waals surface area contributed by atoms with Gasteiger partial charge in [0.25, 0.3) is 21.8 Å². The van der Waals surface area contributed by atoms with Gasteiger partial charge in [0.15, 0.2) is 0 Å². The highest BCUT2D eigenvalue weighted by atomic mass is 32.2. The molecule has 3 amide bonds. The number of ether oxygens (including phenoxy) is 4. The number of anilines is 4. The summed E-state index contributed by atoms with van der Waals surface area (Å²) in [5, 5.41) is 38.5. The lowest BCUT2D eigenvalue weighted by Gasteiger charge is -2.12. The Kier molecular flexibility index (Phi) is 24.5. The van der Waals surface area contributed by atoms with Crippen molar-refractivity contribution in [3.05, 3.63) is 325 Å². The van der Waals surface area contributed by atoms with Crippen molar-refractivity contribution < 1.29 is 46.2 Å². The van der Waals surface area contributed by atoms with Gasteiger partial charge >= 0.3 is 0 Å². The number of carbonyl (C=O) groups excluding carboxylic acids is 3. The van der Waals surface area contributed by atoms with Crippen molar-refractivity contribution in [1.82, 2.24) is 45.8 Å². The SMILES string of the molecule is COc1ccc(NC(=O)Cc2ccccc2)cc1-c1cc(-c2ccccc2)n[nH]1.COc1ccc(NC(=O)c2ccoc2)cc1-c1cc(-c2ccccc2)n[nH]1.COc1ccc(NC(=O)c2cncs2)cc1-c1cc(-c2ccccc2)n[nH]1.COc1ccc(NS(=O)(=O)c2ccccc2)cc1-c1cc(-c2ccccc2)n[nH]1. The number of amides is 3. The fraction of sp³-hybridized carbons (Fsp3) is 0.0575. The van der Waals surface area contributed by atoms with Crippen LogP contribution in [0.3, 0.4) is 0 Å². The normalized spacial score (nSPS) is 10.7. The van der Waals surface area contributed by atoms with Crippen LogP contribution in [-0.2, 0) is 21.2 Å². The molecule has 0 aliphatic heterocycles. The molecule has 0 aliphatic carbocycles. The molecule has 0 aliphatic rings. The second-order valence-corrected chi connectivity index (χ2v) is 27.3. The largest absolute Gasteiger partial charge is 0.496 e. The van der Waals surface area contributed by atoms with E-state index in [1.165, 1.54) is 23.9 Å². The van der Waals surface area contributed by atoms with Crippen molar-refractivity contribution >= 4 is 61.8 Å². The van der Waals surface area contributed by atoms with E-state index in [0.29, 0.717) is 68.2 Å². The van der Waals surface area contributed by atoms with Crippen molar-refractivity contribution in [3.63, 3.8) is 0 Å². The van der Waals surface area contributed by atoms with Gasteiger partial charge in [-0.1, -0.05) is 170 Å². The molecule has 0 saturated carbocycles. The number of H-pyrrole nitrogens is 4. The highest BCUT2D eigenvalue weighted by molar-refractivity contribution is 7.92. The van der Waals surface area contributed by atoms with Crippen molar-refractivity contribution in [2.75, 3.05) is 49.1 Å². The molecule has 23 nitrogen and oxygen atoms in total. The monoisotopic (exact) mass is 1520 g/mol. The molecule has 25 heteroatoms. The Morgan fingerprint density at radius 2 is 0.750 bits per heavy atom. The molecule has 0 atom stereocenters. The molecule has 0 fully saturated rings. The maximum Gasteiger partial charge on any atom is 0.267 e. The highest BCUT2D eigenvalue weighted by Crippen LogP contribution is 2.39. The van der Waals surface area contributed by atoms with Crippen molar-refractivity contribution in [2.45, 2.75) is 11.3 Å². The standard InChI is InChI=1S/C24H21N3O2.C22H19N3O3S.C21H17N3O3.C20H16N4O2S/c1-29-23-13-12-19(25-24(28)14-17-8-4-2-5-9-17)15-20(23)22-16-21(26-27-22)18-10-6-3-7-11-18;1-28-22-13-12-17(25-29(26,27)18-10-6-3-7-11-18)14-19(22)21-15-20(23-24-21)16-8-4-2-5-9-16;1-26-20-8-7-16(22-21(25)15-9-10-27-13-15)11-17(20)19-12-18(23-24-19)14-5-3-2-4-6-14;1-26-18-8-7-14(22-20(25)19-11-21-12-27-19)9-15(18)17-10-16(23-24-17)13-5-3-2-4-6-13/h2-13,15-16H,14H2,1H3,(H,25,28)(H,26,27);2-15,25H,1H3,(H,23,24);2-13H,1H3,(H,22,25)(H,23,24);2-12H,1H3,(H,22,25)(H,23,24). The number of nitrogens with zero attached hydrogens (tertiary/aromatic N) is 5. The van der Waals surface area contributed by atoms with Crippen molar-refractivity contribution in [1.29, 1.82) is 0 Å². The Labute approximate surface area is 648 Å². The minimum atomic E-state index is -3.69. The van der Waals surface area contributed by atoms with Crippen LogP contribution in [0.4, 0.5) is 22.7 Å². The second kappa shape index (κ2) is 36.3. The summed E-state index contributed by atoms with van der Waals surface area (Å²) < 4.78 is 54.8. The molecule has 558 valence electrons. The fourth-order valence-electron chi connectivity index (χ4n) is 11.8. The quantitative estimate of drug-likeness (QED) is 0.0313. The van der Waals surface area contributed by atoms with Gasteiger partial charge in [0.2, 0.25) is 5.91 Å². The molecule has 6 heterocycles. The number of furan rings is 1. The van der Waals surface area contributed by atoms with Crippen molar-refractivity contribution in [2.24, 2.45) is 0 Å². The summed E-state index contributed by atoms with van der Waals surface area (Å²) in [6.07, 6.45) is 4.74. The zero-order chi connectivity index (χ0) is 77.6. The van der Waals surface area contributed by atoms with Crippen molar-refractivity contribution in [3.8, 4) is 113 Å². The molecular weight excluding hydrogens is 1450 g/mol. The van der Waals surface area contributed by atoms with Crippen LogP contribution in [0.15, 0.2) is 319 Å². The van der Waals surface area contributed by atoms with Crippen LogP contribution in [0.1, 0.15) is 25.6 Å². The molecule has 16 aromatic rings. The van der Waals surface area contributed by atoms with Crippen LogP contribution in [0.25, 0.3) is 90.1 Å². The van der Waals surface area contributed by atoms with E-state index in [0.717, 1.165) is 90.1 Å². The highest BCUT2D eigenvalue weighted by Gasteiger charge is 2.21. The van der Waals surface area contributed by atoms with E-state index < -0.39 is 10.0 Å². The predicted octanol–water partition coefficient (Wildman–Crippen LogP) is 18.5. The molecule has 10 aromatic carbocycles. The third kappa shape index (κ3) is 19.2. The molecule has 0 unspecified atom stereocenters. The van der Waals surface area contributed by atoms with Crippen LogP contribution in [0.2, 0.25) is 0 Å². The minimum Gasteiger partial charge on any atom is -0.496 e. The number of thiazole rings is 1. The molecule has 8 N–H and O–H groups in total. The lowest BCUT2D eigenvalue weighted by Crippen LogP contribution is -2.14. The number of rotatable bonds is 22. The topological polar surface area (TPSA) is 311 Å². The number of aromatic nitrogens is 9. The number of carbonyl (C=O) groups is 3. The molecule has 0 saturated heterocycles. The van der Waals surface area contributed by atoms with Crippen LogP contribution >= 0.6 is 11.3 Å². The van der Waals surface area contributed by atoms with E-state index in [1.54, 1.807) is 107 Å². The first kappa shape index (κ1) is 75.5. The molecular formula is C87H73N13O10S2. The summed E-state index contributed by atoms with van der Waals surface area (Å²) in [7, 11) is 2.73. The summed E-state index contributed by atoms with van der Waals surface area (Å²) in [6.45, 7) is 0. The average Bonchev–Trinajstić information content (AvgIpc) is 1.49. The van der Waals surface area contributed by atoms with Gasteiger partial charge < -0.3 is 39.3 Å². The first-order valence-electron chi connectivity index (χ1n) is 34.9. The number of nitrogens with one attached hydrogen (secondary N) is 8. The number of hydrogen-bond donors (Lipinski definition) is 8. The van der Waals surface area contributed by atoms with E-state index >= 15 is 0 Å². The predicted molar refractivity (Wildman–Crippen MR) is 437 cm³/mol. The summed E-state index contributed by atoms with van der Waals surface area (Å²) in [5.74, 6) is 2.18. The van der Waals surface area contributed by atoms with E-state index in [-0.39, 0.29) is 22.6 Å². The third-order valence-electron chi connectivity index (χ3n) is 17.3. The van der Waals surface area contributed by atoms with Gasteiger partial charge in [-0.3, -0.25) is 44.5 Å². The van der Waals surface area contributed by atoms with Gasteiger partial charge in [-0.15, -0.1) is 11.3 Å². The number of benzene rings is 10. The lowest BCUT2D eigenvalue weighted by molar-refractivity contribution is -0.115. The Hall–Kier alpha value is -14.7. The minimum absolute atomic E-state index is 0.0677. The van der Waals surface area contributed by atoms with Crippen LogP contribution < -0.4 is 39.6 Å². The van der Waals surface area contributed by atoms with Gasteiger partial charge in [0, 0.05) is 67.3 Å². The van der Waals surface area contributed by atoms with Crippen LogP contribution in [-0.4, -0.2) is 100 Å². The van der Waals surface area contributed by atoms with Gasteiger partial charge in [0.1, 0.15) is 34.1 Å². The summed E-state index contributed by atoms with van der Waals surface area (Å²) in [4.78, 5) is 41.6. The number of aromatic amines is 4. The van der Waals surface area contributed by atoms with E-state index in [2.05, 4.69) is 66.4 Å². The zero-order valence-corrected chi connectivity index (χ0v) is 62.4. The molecule has 112 heavy (non-hydrogen) atoms. The van der Waals surface area contributed by atoms with Gasteiger partial charge in [-0.2, -0.15) is 20.4 Å². The van der Waals surface area contributed by atoms with Gasteiger partial charge in [0.05, 0.1) is 109 Å². The number of hydrogen-bond acceptors (Lipinski definition) is 16. The number of methoxy groups -OCH3 is 4. The maximum absolute atomic E-state index is 12.6. The molecule has 6 aromatic heterocycles. The number of sulfonamides is 1. The first-order valence-corrected chi connectivity index (χ1v) is 37.3. The van der Waals surface area contributed by atoms with Gasteiger partial charge in [-0.05, 0) is 121 Å². The van der Waals surface area contributed by atoms with Crippen LogP contribution in [0, 0.1) is 0 Å². The average molecular weight is 1520 g/mol. The zero-order valence-electron chi connectivity index (χ0n) is 60.8. The Balaban J connectivity index is 0.000000131. The first-order chi connectivity index (χ1) is 54.8. The lowest BCUT2D eigenvalue weighted by atomic mass is 10.1. The molecule has 0 spiro atoms. The Bertz CT molecular complexity index is 5720. The summed E-state index contributed by atoms with van der Waals surface area (Å²) in [6, 6.07) is 88.5. The Morgan fingerprint density at radius 3 is 1.11 bits per heavy atom. The fourth-order valence-corrected chi connectivity index (χ4v) is 13.3. The molecule has 16 rings (SSSR count). The third-order valence-corrected chi connectivity index (χ3v) is 19.5. The van der Waals surface area contributed by atoms with Crippen LogP contribution in [0.5, 0.6) is 23.0 Å². The smallest absolute Gasteiger partial charge is 0.267 e. The molecule has 0 radical (unpaired) electrons. The maximum atomic E-state index is 12.6. The Morgan fingerprint density at radius 1 is 0.402 bits per heavy atom. The molecule has 0 bridgehead atoms. The van der Waals surface area contributed by atoms with E-state index in [4.69, 9.17) is 23.4 Å². The summed E-state index contributed by atoms with van der Waals surface area (Å²) in [5.41, 5.74) is 19.2. The second-order valence-electron chi connectivity index (χ2n) is 24.7. The van der Waals surface area contributed by atoms with E-state index in [9.17, 15) is 22.8 Å².